The normalized spacial score (nSPS) is 12.7. The van der Waals surface area contributed by atoms with Crippen molar-refractivity contribution in [1.82, 2.24) is 0 Å². The molecule has 46 heavy (non-hydrogen) atoms. The second-order valence-electron chi connectivity index (χ2n) is 12.5. The molecule has 0 N–H and O–H groups in total. The van der Waals surface area contributed by atoms with Crippen molar-refractivity contribution in [3.05, 3.63) is 48.6 Å². The summed E-state index contributed by atoms with van der Waals surface area (Å²) < 4.78 is 17.1. The summed E-state index contributed by atoms with van der Waals surface area (Å²) in [6.45, 7) is 7.58. The topological polar surface area (TPSA) is 61.8 Å². The third-order valence-electron chi connectivity index (χ3n) is 7.89. The van der Waals surface area contributed by atoms with Crippen LogP contribution in [0.2, 0.25) is 0 Å². The molecule has 5 nitrogen and oxygen atoms in total. The fraction of sp³-hybridized carbons (Fsp3) is 0.756. The molecule has 0 spiro atoms. The molecule has 0 aromatic rings. The van der Waals surface area contributed by atoms with Crippen molar-refractivity contribution < 1.29 is 23.8 Å². The molecule has 5 heteroatoms. The minimum atomic E-state index is -0.554. The molecule has 0 radical (unpaired) electrons. The van der Waals surface area contributed by atoms with E-state index in [1.165, 1.54) is 77.0 Å². The van der Waals surface area contributed by atoms with Crippen LogP contribution in [0.15, 0.2) is 48.6 Å². The van der Waals surface area contributed by atoms with Crippen LogP contribution in [-0.2, 0) is 23.8 Å². The van der Waals surface area contributed by atoms with Gasteiger partial charge in [-0.2, -0.15) is 0 Å². The number of hydrogen-bond donors (Lipinski definition) is 0. The van der Waals surface area contributed by atoms with E-state index in [1.807, 2.05) is 6.08 Å². The summed E-state index contributed by atoms with van der Waals surface area (Å²) in [5.74, 6) is -0.498. The number of hydrogen-bond acceptors (Lipinski definition) is 5. The Balaban J connectivity index is 4.31. The van der Waals surface area contributed by atoms with Crippen molar-refractivity contribution in [2.75, 3.05) is 19.8 Å². The zero-order chi connectivity index (χ0) is 33.6. The minimum absolute atomic E-state index is 0.0494. The van der Waals surface area contributed by atoms with Gasteiger partial charge in [-0.15, -0.1) is 0 Å². The van der Waals surface area contributed by atoms with Crippen LogP contribution in [-0.4, -0.2) is 37.9 Å². The average molecular weight is 645 g/mol. The van der Waals surface area contributed by atoms with Crippen molar-refractivity contribution >= 4 is 11.9 Å². The van der Waals surface area contributed by atoms with Gasteiger partial charge in [0.15, 0.2) is 6.10 Å². The SMILES string of the molecule is CC/C=C\C/C=C\C/C=C\C/C=C\CCC(=O)OCC(COCCCCCCCCCCCC)OC(=O)CCCCCCCCC. The maximum absolute atomic E-state index is 12.5. The highest BCUT2D eigenvalue weighted by molar-refractivity contribution is 5.70. The maximum atomic E-state index is 12.5. The first-order chi connectivity index (χ1) is 22.6. The summed E-state index contributed by atoms with van der Waals surface area (Å²) in [5.41, 5.74) is 0. The largest absolute Gasteiger partial charge is 0.462 e. The molecule has 1 atom stereocenters. The lowest BCUT2D eigenvalue weighted by molar-refractivity contribution is -0.162. The second kappa shape index (κ2) is 37.3. The lowest BCUT2D eigenvalue weighted by Gasteiger charge is -2.18. The highest BCUT2D eigenvalue weighted by atomic mass is 16.6. The summed E-state index contributed by atoms with van der Waals surface area (Å²) >= 11 is 0. The van der Waals surface area contributed by atoms with Gasteiger partial charge in [0.25, 0.3) is 0 Å². The van der Waals surface area contributed by atoms with Crippen LogP contribution >= 0.6 is 0 Å². The van der Waals surface area contributed by atoms with E-state index in [9.17, 15) is 9.59 Å². The third kappa shape index (κ3) is 34.7. The van der Waals surface area contributed by atoms with Gasteiger partial charge >= 0.3 is 11.9 Å². The molecular formula is C41H72O5. The molecule has 0 fully saturated rings. The number of allylic oxidation sites excluding steroid dienone is 8. The van der Waals surface area contributed by atoms with E-state index in [2.05, 4.69) is 63.3 Å². The summed E-state index contributed by atoms with van der Waals surface area (Å²) in [6.07, 6.45) is 42.6. The Hall–Kier alpha value is -2.14. The first-order valence-electron chi connectivity index (χ1n) is 19.2. The summed E-state index contributed by atoms with van der Waals surface area (Å²) in [5, 5.41) is 0. The fourth-order valence-corrected chi connectivity index (χ4v) is 5.05. The number of carbonyl (C=O) groups excluding carboxylic acids is 2. The monoisotopic (exact) mass is 645 g/mol. The van der Waals surface area contributed by atoms with E-state index in [1.54, 1.807) is 0 Å². The van der Waals surface area contributed by atoms with Gasteiger partial charge in [-0.1, -0.05) is 166 Å². The summed E-state index contributed by atoms with van der Waals surface area (Å²) in [6, 6.07) is 0. The van der Waals surface area contributed by atoms with Gasteiger partial charge in [-0.05, 0) is 44.9 Å². The van der Waals surface area contributed by atoms with Crippen LogP contribution in [0.4, 0.5) is 0 Å². The van der Waals surface area contributed by atoms with Crippen LogP contribution in [0.1, 0.15) is 175 Å². The van der Waals surface area contributed by atoms with Gasteiger partial charge < -0.3 is 14.2 Å². The fourth-order valence-electron chi connectivity index (χ4n) is 5.05. The molecule has 0 rings (SSSR count). The molecule has 0 aliphatic heterocycles. The highest BCUT2D eigenvalue weighted by Crippen LogP contribution is 2.12. The van der Waals surface area contributed by atoms with Gasteiger partial charge in [0.05, 0.1) is 6.61 Å². The lowest BCUT2D eigenvalue weighted by atomic mass is 10.1. The molecule has 0 amide bonds. The Labute approximate surface area is 284 Å². The number of carbonyl (C=O) groups is 2. The van der Waals surface area contributed by atoms with Crippen LogP contribution < -0.4 is 0 Å². The van der Waals surface area contributed by atoms with Crippen LogP contribution in [0.3, 0.4) is 0 Å². The number of unbranched alkanes of at least 4 members (excludes halogenated alkanes) is 15. The first-order valence-corrected chi connectivity index (χ1v) is 19.2. The molecule has 0 bridgehead atoms. The minimum Gasteiger partial charge on any atom is -0.462 e. The third-order valence-corrected chi connectivity index (χ3v) is 7.89. The van der Waals surface area contributed by atoms with Crippen LogP contribution in [0, 0.1) is 0 Å². The van der Waals surface area contributed by atoms with Gasteiger partial charge in [-0.25, -0.2) is 0 Å². The molecule has 0 aromatic heterocycles. The standard InChI is InChI=1S/C41H72O5/c1-4-7-10-13-16-18-20-21-22-23-26-28-31-34-40(42)45-38-39(46-41(43)35-32-29-25-15-12-9-6-3)37-44-36-33-30-27-24-19-17-14-11-8-5-2/h7,10,16,18,21-22,26,28,39H,4-6,8-9,11-15,17,19-20,23-25,27,29-38H2,1-3H3/b10-7-,18-16-,22-21-,28-26-. The number of esters is 2. The summed E-state index contributed by atoms with van der Waals surface area (Å²) in [4.78, 5) is 24.9. The highest BCUT2D eigenvalue weighted by Gasteiger charge is 2.17. The maximum Gasteiger partial charge on any atom is 0.306 e. The van der Waals surface area contributed by atoms with Crippen molar-refractivity contribution in [2.45, 2.75) is 181 Å². The predicted octanol–water partition coefficient (Wildman–Crippen LogP) is 12.1. The van der Waals surface area contributed by atoms with Crippen molar-refractivity contribution in [3.8, 4) is 0 Å². The molecule has 0 saturated heterocycles. The Bertz CT molecular complexity index is 782. The van der Waals surface area contributed by atoms with Crippen molar-refractivity contribution in [2.24, 2.45) is 0 Å². The van der Waals surface area contributed by atoms with Crippen molar-refractivity contribution in [3.63, 3.8) is 0 Å². The van der Waals surface area contributed by atoms with E-state index >= 15 is 0 Å². The molecule has 0 aromatic carbocycles. The Morgan fingerprint density at radius 1 is 0.500 bits per heavy atom. The first kappa shape index (κ1) is 43.9. The lowest BCUT2D eigenvalue weighted by Crippen LogP contribution is -2.30. The molecule has 266 valence electrons. The van der Waals surface area contributed by atoms with E-state index in [4.69, 9.17) is 14.2 Å². The van der Waals surface area contributed by atoms with Crippen molar-refractivity contribution in [1.29, 1.82) is 0 Å². The quantitative estimate of drug-likeness (QED) is 0.0396. The molecule has 0 aliphatic carbocycles. The summed E-state index contributed by atoms with van der Waals surface area (Å²) in [7, 11) is 0. The molecule has 0 aliphatic rings. The Morgan fingerprint density at radius 2 is 0.978 bits per heavy atom. The second-order valence-corrected chi connectivity index (χ2v) is 12.5. The smallest absolute Gasteiger partial charge is 0.306 e. The predicted molar refractivity (Wildman–Crippen MR) is 196 cm³/mol. The van der Waals surface area contributed by atoms with E-state index in [-0.39, 0.29) is 25.2 Å². The van der Waals surface area contributed by atoms with E-state index < -0.39 is 6.10 Å². The molecule has 1 unspecified atom stereocenters. The van der Waals surface area contributed by atoms with Gasteiger partial charge in [0.2, 0.25) is 0 Å². The molecular weight excluding hydrogens is 572 g/mol. The van der Waals surface area contributed by atoms with Gasteiger partial charge in [0, 0.05) is 19.4 Å². The van der Waals surface area contributed by atoms with Crippen LogP contribution in [0.5, 0.6) is 0 Å². The number of rotatable bonds is 34. The molecule has 0 heterocycles. The van der Waals surface area contributed by atoms with E-state index in [0.29, 0.717) is 25.9 Å². The van der Waals surface area contributed by atoms with Crippen LogP contribution in [0.25, 0.3) is 0 Å². The number of ether oxygens (including phenoxy) is 3. The zero-order valence-electron chi connectivity index (χ0n) is 30.3. The van der Waals surface area contributed by atoms with E-state index in [0.717, 1.165) is 57.8 Å². The zero-order valence-corrected chi connectivity index (χ0v) is 30.3. The molecule has 0 saturated carbocycles. The van der Waals surface area contributed by atoms with Gasteiger partial charge in [0.1, 0.15) is 6.61 Å². The van der Waals surface area contributed by atoms with Gasteiger partial charge in [-0.3, -0.25) is 9.59 Å². The average Bonchev–Trinajstić information content (AvgIpc) is 3.05. The Morgan fingerprint density at radius 3 is 1.52 bits per heavy atom. The Kier molecular flexibility index (Phi) is 35.6.